The summed E-state index contributed by atoms with van der Waals surface area (Å²) in [5, 5.41) is 10.1. The Kier molecular flexibility index (Phi) is 7.80. The summed E-state index contributed by atoms with van der Waals surface area (Å²) >= 11 is 7.85. The third kappa shape index (κ3) is 5.61. The highest BCUT2D eigenvalue weighted by Gasteiger charge is 2.29. The highest BCUT2D eigenvalue weighted by Crippen LogP contribution is 2.28. The van der Waals surface area contributed by atoms with Gasteiger partial charge in [-0.3, -0.25) is 4.79 Å². The van der Waals surface area contributed by atoms with Crippen molar-refractivity contribution >= 4 is 35.0 Å². The third-order valence-corrected chi connectivity index (χ3v) is 7.52. The molecular weight excluding hydrogens is 522 g/mol. The summed E-state index contributed by atoms with van der Waals surface area (Å²) in [4.78, 5) is 26.8. The van der Waals surface area contributed by atoms with Crippen molar-refractivity contribution in [2.45, 2.75) is 24.8 Å². The van der Waals surface area contributed by atoms with Gasteiger partial charge >= 0.3 is 0 Å². The maximum atomic E-state index is 13.7. The zero-order chi connectivity index (χ0) is 26.6. The lowest BCUT2D eigenvalue weighted by Gasteiger charge is -2.36. The van der Waals surface area contributed by atoms with Crippen LogP contribution in [0.5, 0.6) is 5.75 Å². The van der Waals surface area contributed by atoms with E-state index in [-0.39, 0.29) is 5.91 Å². The summed E-state index contributed by atoms with van der Waals surface area (Å²) in [5.41, 5.74) is 4.60. The normalized spacial score (nSPS) is 13.6. The molecule has 2 aromatic carbocycles. The highest BCUT2D eigenvalue weighted by molar-refractivity contribution is 7.98. The number of carbonyl (C=O) groups is 1. The first kappa shape index (κ1) is 26.0. The number of methoxy groups -OCH3 is 1. The standard InChI is InChI=1S/C27H28ClN7O2S/c1-18-16-19(2)30-27(29-18)38-17-24-25(31-32-35(24)20-8-10-21(37-3)11-9-20)26(36)34-14-12-33(13-15-34)23-7-5-4-6-22(23)28/h4-11,16H,12-15,17H2,1-3H3. The van der Waals surface area contributed by atoms with Gasteiger partial charge in [0.25, 0.3) is 5.91 Å². The van der Waals surface area contributed by atoms with E-state index in [4.69, 9.17) is 16.3 Å². The minimum absolute atomic E-state index is 0.138. The Hall–Kier alpha value is -3.63. The molecule has 196 valence electrons. The number of amides is 1. The van der Waals surface area contributed by atoms with Crippen LogP contribution in [0.15, 0.2) is 59.8 Å². The molecule has 0 N–H and O–H groups in total. The number of rotatable bonds is 7. The number of halogens is 1. The molecule has 1 fully saturated rings. The number of anilines is 1. The predicted molar refractivity (Wildman–Crippen MR) is 149 cm³/mol. The third-order valence-electron chi connectivity index (χ3n) is 6.34. The predicted octanol–water partition coefficient (Wildman–Crippen LogP) is 4.59. The minimum Gasteiger partial charge on any atom is -0.497 e. The second kappa shape index (κ2) is 11.4. The smallest absolute Gasteiger partial charge is 0.276 e. The maximum Gasteiger partial charge on any atom is 0.276 e. The molecule has 9 nitrogen and oxygen atoms in total. The quantitative estimate of drug-likeness (QED) is 0.244. The number of nitrogens with zero attached hydrogens (tertiary/aromatic N) is 7. The molecule has 2 aromatic heterocycles. The molecule has 0 bridgehead atoms. The summed E-state index contributed by atoms with van der Waals surface area (Å²) in [6, 6.07) is 17.2. The van der Waals surface area contributed by atoms with Gasteiger partial charge in [0, 0.05) is 43.3 Å². The summed E-state index contributed by atoms with van der Waals surface area (Å²) in [6.45, 7) is 6.38. The average molecular weight is 550 g/mol. The van der Waals surface area contributed by atoms with Gasteiger partial charge in [-0.05, 0) is 56.3 Å². The molecular formula is C27H28ClN7O2S. The van der Waals surface area contributed by atoms with Crippen molar-refractivity contribution in [2.24, 2.45) is 0 Å². The Morgan fingerprint density at radius 2 is 1.68 bits per heavy atom. The average Bonchev–Trinajstić information content (AvgIpc) is 3.35. The summed E-state index contributed by atoms with van der Waals surface area (Å²) in [6.07, 6.45) is 0. The van der Waals surface area contributed by atoms with E-state index in [2.05, 4.69) is 25.2 Å². The number of piperazine rings is 1. The highest BCUT2D eigenvalue weighted by atomic mass is 35.5. The van der Waals surface area contributed by atoms with Gasteiger partial charge in [0.15, 0.2) is 10.9 Å². The first-order valence-electron chi connectivity index (χ1n) is 12.3. The van der Waals surface area contributed by atoms with Crippen LogP contribution in [0.2, 0.25) is 5.02 Å². The molecule has 0 atom stereocenters. The van der Waals surface area contributed by atoms with Gasteiger partial charge < -0.3 is 14.5 Å². The van der Waals surface area contributed by atoms with Crippen LogP contribution in [0.4, 0.5) is 5.69 Å². The van der Waals surface area contributed by atoms with E-state index in [0.717, 1.165) is 28.5 Å². The van der Waals surface area contributed by atoms with E-state index in [1.165, 1.54) is 11.8 Å². The van der Waals surface area contributed by atoms with E-state index in [1.807, 2.05) is 73.3 Å². The van der Waals surface area contributed by atoms with E-state index < -0.39 is 0 Å². The van der Waals surface area contributed by atoms with Crippen LogP contribution in [-0.4, -0.2) is 69.1 Å². The van der Waals surface area contributed by atoms with E-state index >= 15 is 0 Å². The van der Waals surface area contributed by atoms with Gasteiger partial charge in [-0.15, -0.1) is 5.10 Å². The Labute approximate surface area is 230 Å². The van der Waals surface area contributed by atoms with Gasteiger partial charge in [0.05, 0.1) is 29.2 Å². The fraction of sp³-hybridized carbons (Fsp3) is 0.296. The van der Waals surface area contributed by atoms with Gasteiger partial charge in [-0.25, -0.2) is 14.6 Å². The Bertz CT molecular complexity index is 1420. The molecule has 1 aliphatic heterocycles. The molecule has 3 heterocycles. The molecule has 0 unspecified atom stereocenters. The number of para-hydroxylation sites is 1. The van der Waals surface area contributed by atoms with Crippen molar-refractivity contribution in [1.29, 1.82) is 0 Å². The molecule has 0 radical (unpaired) electrons. The molecule has 4 aromatic rings. The van der Waals surface area contributed by atoms with Crippen LogP contribution in [0, 0.1) is 13.8 Å². The zero-order valence-electron chi connectivity index (χ0n) is 21.5. The van der Waals surface area contributed by atoms with E-state index in [1.54, 1.807) is 11.8 Å². The summed E-state index contributed by atoms with van der Waals surface area (Å²) in [5.74, 6) is 1.03. The van der Waals surface area contributed by atoms with Crippen molar-refractivity contribution in [3.8, 4) is 11.4 Å². The molecule has 1 amide bonds. The molecule has 0 aliphatic carbocycles. The van der Waals surface area contributed by atoms with Crippen molar-refractivity contribution in [1.82, 2.24) is 29.9 Å². The molecule has 5 rings (SSSR count). The number of carbonyl (C=O) groups excluding carboxylic acids is 1. The second-order valence-corrected chi connectivity index (χ2v) is 10.3. The van der Waals surface area contributed by atoms with Gasteiger partial charge in [0.2, 0.25) is 0 Å². The number of hydrogen-bond acceptors (Lipinski definition) is 8. The lowest BCUT2D eigenvalue weighted by molar-refractivity contribution is 0.0740. The van der Waals surface area contributed by atoms with E-state index in [9.17, 15) is 4.79 Å². The SMILES string of the molecule is COc1ccc(-n2nnc(C(=O)N3CCN(c4ccccc4Cl)CC3)c2CSc2nc(C)cc(C)n2)cc1. The fourth-order valence-electron chi connectivity index (χ4n) is 4.43. The number of aryl methyl sites for hydroxylation is 2. The topological polar surface area (TPSA) is 89.3 Å². The fourth-order valence-corrected chi connectivity index (χ4v) is 5.62. The second-order valence-electron chi connectivity index (χ2n) is 8.95. The molecule has 11 heteroatoms. The summed E-state index contributed by atoms with van der Waals surface area (Å²) < 4.78 is 7.01. The number of hydrogen-bond donors (Lipinski definition) is 0. The van der Waals surface area contributed by atoms with Crippen LogP contribution in [0.1, 0.15) is 27.6 Å². The monoisotopic (exact) mass is 549 g/mol. The Morgan fingerprint density at radius 1 is 1.00 bits per heavy atom. The van der Waals surface area contributed by atoms with Crippen molar-refractivity contribution in [3.05, 3.63) is 82.4 Å². The first-order valence-corrected chi connectivity index (χ1v) is 13.6. The Morgan fingerprint density at radius 3 is 2.34 bits per heavy atom. The number of thioether (sulfide) groups is 1. The summed E-state index contributed by atoms with van der Waals surface area (Å²) in [7, 11) is 1.62. The van der Waals surface area contributed by atoms with Crippen molar-refractivity contribution in [2.75, 3.05) is 38.2 Å². The lowest BCUT2D eigenvalue weighted by Crippen LogP contribution is -2.49. The molecule has 1 saturated heterocycles. The van der Waals surface area contributed by atoms with Crippen LogP contribution in [-0.2, 0) is 5.75 Å². The van der Waals surface area contributed by atoms with Crippen LogP contribution in [0.3, 0.4) is 0 Å². The van der Waals surface area contributed by atoms with Crippen molar-refractivity contribution in [3.63, 3.8) is 0 Å². The molecule has 38 heavy (non-hydrogen) atoms. The molecule has 0 spiro atoms. The first-order chi connectivity index (χ1) is 18.4. The lowest BCUT2D eigenvalue weighted by atomic mass is 10.2. The zero-order valence-corrected chi connectivity index (χ0v) is 23.0. The van der Waals surface area contributed by atoms with Gasteiger partial charge in [0.1, 0.15) is 5.75 Å². The Balaban J connectivity index is 1.39. The number of ether oxygens (including phenoxy) is 1. The largest absolute Gasteiger partial charge is 0.497 e. The minimum atomic E-state index is -0.138. The van der Waals surface area contributed by atoms with Crippen LogP contribution >= 0.6 is 23.4 Å². The van der Waals surface area contributed by atoms with Gasteiger partial charge in [-0.2, -0.15) is 0 Å². The van der Waals surface area contributed by atoms with E-state index in [0.29, 0.717) is 53.5 Å². The number of aromatic nitrogens is 5. The van der Waals surface area contributed by atoms with Crippen LogP contribution < -0.4 is 9.64 Å². The number of benzene rings is 2. The maximum absolute atomic E-state index is 13.7. The molecule has 0 saturated carbocycles. The van der Waals surface area contributed by atoms with Gasteiger partial charge in [-0.1, -0.05) is 40.7 Å². The van der Waals surface area contributed by atoms with Crippen molar-refractivity contribution < 1.29 is 9.53 Å². The molecule has 1 aliphatic rings. The van der Waals surface area contributed by atoms with Crippen LogP contribution in [0.25, 0.3) is 5.69 Å².